The second-order valence-electron chi connectivity index (χ2n) is 2.04. The van der Waals surface area contributed by atoms with Crippen LogP contribution in [-0.2, 0) is 4.99 Å². The lowest BCUT2D eigenvalue weighted by Crippen LogP contribution is -2.15. The highest BCUT2D eigenvalue weighted by atomic mass is 35.5. The third-order valence-electron chi connectivity index (χ3n) is 1.25. The van der Waals surface area contributed by atoms with E-state index in [0.717, 1.165) is 0 Å². The Bertz CT molecular complexity index is 322. The Kier molecular flexibility index (Phi) is 3.30. The summed E-state index contributed by atoms with van der Waals surface area (Å²) in [5.74, 6) is -0.125. The number of nitrogens with zero attached hydrogens (tertiary/aromatic N) is 2. The molecule has 0 spiro atoms. The molecule has 0 atom stereocenters. The summed E-state index contributed by atoms with van der Waals surface area (Å²) in [6, 6.07) is 0. The average molecular weight is 222 g/mol. The Morgan fingerprint density at radius 1 is 1.46 bits per heavy atom. The maximum absolute atomic E-state index is 8.01. The van der Waals surface area contributed by atoms with Crippen molar-refractivity contribution in [1.82, 2.24) is 4.98 Å². The van der Waals surface area contributed by atoms with Crippen LogP contribution in [0.1, 0.15) is 5.56 Å². The second kappa shape index (κ2) is 4.27. The summed E-state index contributed by atoms with van der Waals surface area (Å²) in [6.45, 7) is 0. The van der Waals surface area contributed by atoms with E-state index in [0.29, 0.717) is 0 Å². The minimum Gasteiger partial charge on any atom is -0.380 e. The van der Waals surface area contributed by atoms with Gasteiger partial charge >= 0.3 is 0 Å². The molecule has 0 unspecified atom stereocenters. The summed E-state index contributed by atoms with van der Waals surface area (Å²) in [7, 11) is 0. The molecule has 1 aromatic rings. The number of hydrogen-bond donors (Lipinski definition) is 2. The lowest BCUT2D eigenvalue weighted by Gasteiger charge is -2.02. The molecule has 0 radical (unpaired) electrons. The number of hydrogen-bond acceptors (Lipinski definition) is 4. The number of aromatic nitrogens is 1. The number of pyridine rings is 1. The fourth-order valence-corrected chi connectivity index (χ4v) is 1.30. The van der Waals surface area contributed by atoms with Gasteiger partial charge in [0.25, 0.3) is 0 Å². The van der Waals surface area contributed by atoms with E-state index in [-0.39, 0.29) is 21.4 Å². The zero-order valence-electron chi connectivity index (χ0n) is 6.24. The lowest BCUT2D eigenvalue weighted by atomic mass is 10.2. The molecular formula is C6H5Cl2N3O2. The SMILES string of the molecule is NC(=NOO)c1c(Cl)cncc1Cl. The topological polar surface area (TPSA) is 80.7 Å². The summed E-state index contributed by atoms with van der Waals surface area (Å²) in [5, 5.41) is 11.5. The smallest absolute Gasteiger partial charge is 0.177 e. The van der Waals surface area contributed by atoms with Gasteiger partial charge < -0.3 is 5.73 Å². The Labute approximate surface area is 83.6 Å². The lowest BCUT2D eigenvalue weighted by molar-refractivity contribution is -0.243. The molecule has 1 aromatic heterocycles. The predicted octanol–water partition coefficient (Wildman–Crippen LogP) is 1.50. The molecule has 0 aliphatic heterocycles. The van der Waals surface area contributed by atoms with Gasteiger partial charge in [-0.15, -0.1) is 0 Å². The normalized spacial score (nSPS) is 11.5. The zero-order chi connectivity index (χ0) is 9.84. The van der Waals surface area contributed by atoms with Crippen molar-refractivity contribution in [2.75, 3.05) is 0 Å². The molecule has 1 rings (SSSR count). The largest absolute Gasteiger partial charge is 0.380 e. The van der Waals surface area contributed by atoms with Crippen LogP contribution in [0.2, 0.25) is 10.0 Å². The van der Waals surface area contributed by atoms with Crippen molar-refractivity contribution in [2.45, 2.75) is 0 Å². The first kappa shape index (κ1) is 10.0. The molecule has 3 N–H and O–H groups in total. The van der Waals surface area contributed by atoms with Crippen LogP contribution in [0, 0.1) is 0 Å². The Morgan fingerprint density at radius 2 is 2.00 bits per heavy atom. The van der Waals surface area contributed by atoms with Crippen LogP contribution >= 0.6 is 23.2 Å². The minimum absolute atomic E-state index is 0.125. The number of oxime groups is 1. The molecule has 70 valence electrons. The van der Waals surface area contributed by atoms with Gasteiger partial charge in [0.1, 0.15) is 0 Å². The maximum atomic E-state index is 8.01. The van der Waals surface area contributed by atoms with E-state index in [2.05, 4.69) is 15.1 Å². The molecule has 0 saturated carbocycles. The summed E-state index contributed by atoms with van der Waals surface area (Å²) in [5.41, 5.74) is 5.65. The maximum Gasteiger partial charge on any atom is 0.177 e. The average Bonchev–Trinajstić information content (AvgIpc) is 2.04. The van der Waals surface area contributed by atoms with Crippen LogP contribution in [0.4, 0.5) is 0 Å². The third-order valence-corrected chi connectivity index (χ3v) is 1.82. The van der Waals surface area contributed by atoms with Gasteiger partial charge in [0, 0.05) is 12.4 Å². The van der Waals surface area contributed by atoms with E-state index in [9.17, 15) is 0 Å². The van der Waals surface area contributed by atoms with Gasteiger partial charge in [0.2, 0.25) is 0 Å². The van der Waals surface area contributed by atoms with Crippen LogP contribution < -0.4 is 5.73 Å². The molecule has 1 heterocycles. The van der Waals surface area contributed by atoms with Gasteiger partial charge in [-0.05, 0) is 5.16 Å². The summed E-state index contributed by atoms with van der Waals surface area (Å²) < 4.78 is 0. The predicted molar refractivity (Wildman–Crippen MR) is 48.7 cm³/mol. The van der Waals surface area contributed by atoms with Gasteiger partial charge in [-0.3, -0.25) is 4.98 Å². The molecule has 7 heteroatoms. The van der Waals surface area contributed by atoms with Gasteiger partial charge in [0.15, 0.2) is 5.84 Å². The highest BCUT2D eigenvalue weighted by Crippen LogP contribution is 2.22. The van der Waals surface area contributed by atoms with Crippen molar-refractivity contribution in [3.8, 4) is 0 Å². The highest BCUT2D eigenvalue weighted by molar-refractivity contribution is 6.39. The number of halogens is 2. The Balaban J connectivity index is 3.20. The van der Waals surface area contributed by atoms with Crippen molar-refractivity contribution in [2.24, 2.45) is 10.9 Å². The summed E-state index contributed by atoms with van der Waals surface area (Å²) in [4.78, 5) is 7.20. The monoisotopic (exact) mass is 221 g/mol. The molecule has 13 heavy (non-hydrogen) atoms. The van der Waals surface area contributed by atoms with Crippen molar-refractivity contribution in [1.29, 1.82) is 0 Å². The first-order chi connectivity index (χ1) is 6.16. The van der Waals surface area contributed by atoms with Gasteiger partial charge in [-0.1, -0.05) is 23.2 Å². The number of amidine groups is 1. The molecule has 0 amide bonds. The number of nitrogens with two attached hydrogens (primary N) is 1. The molecule has 0 bridgehead atoms. The van der Waals surface area contributed by atoms with Crippen LogP contribution in [-0.4, -0.2) is 16.1 Å². The van der Waals surface area contributed by atoms with Crippen LogP contribution in [0.3, 0.4) is 0 Å². The standard InChI is InChI=1S/C6H5Cl2N3O2/c7-3-1-10-2-4(8)5(3)6(9)11-13-12/h1-2,12H,(H2,9,11). The van der Waals surface area contributed by atoms with E-state index in [4.69, 9.17) is 34.2 Å². The molecular weight excluding hydrogens is 217 g/mol. The minimum atomic E-state index is -0.125. The first-order valence-corrected chi connectivity index (χ1v) is 3.86. The number of rotatable bonds is 2. The summed E-state index contributed by atoms with van der Waals surface area (Å²) in [6.07, 6.45) is 2.70. The van der Waals surface area contributed by atoms with Gasteiger partial charge in [-0.2, -0.15) is 5.26 Å². The molecule has 0 aliphatic carbocycles. The fraction of sp³-hybridized carbons (Fsp3) is 0. The highest BCUT2D eigenvalue weighted by Gasteiger charge is 2.10. The van der Waals surface area contributed by atoms with E-state index in [1.165, 1.54) is 12.4 Å². The van der Waals surface area contributed by atoms with Gasteiger partial charge in [0.05, 0.1) is 15.6 Å². The Hall–Kier alpha value is -1.04. The van der Waals surface area contributed by atoms with E-state index < -0.39 is 0 Å². The molecule has 5 nitrogen and oxygen atoms in total. The first-order valence-electron chi connectivity index (χ1n) is 3.10. The molecule has 0 aromatic carbocycles. The van der Waals surface area contributed by atoms with E-state index in [1.807, 2.05) is 0 Å². The van der Waals surface area contributed by atoms with E-state index >= 15 is 0 Å². The molecule has 0 fully saturated rings. The van der Waals surface area contributed by atoms with Crippen molar-refractivity contribution < 1.29 is 10.2 Å². The quantitative estimate of drug-likeness (QED) is 0.344. The van der Waals surface area contributed by atoms with Crippen molar-refractivity contribution in [3.05, 3.63) is 28.0 Å². The second-order valence-corrected chi connectivity index (χ2v) is 2.85. The Morgan fingerprint density at radius 3 is 2.46 bits per heavy atom. The van der Waals surface area contributed by atoms with E-state index in [1.54, 1.807) is 0 Å². The fourth-order valence-electron chi connectivity index (χ4n) is 0.746. The third kappa shape index (κ3) is 2.21. The van der Waals surface area contributed by atoms with Crippen LogP contribution in [0.25, 0.3) is 0 Å². The van der Waals surface area contributed by atoms with Crippen molar-refractivity contribution >= 4 is 29.0 Å². The van der Waals surface area contributed by atoms with Gasteiger partial charge in [-0.25, -0.2) is 4.99 Å². The van der Waals surface area contributed by atoms with Crippen molar-refractivity contribution in [3.63, 3.8) is 0 Å². The molecule has 0 saturated heterocycles. The zero-order valence-corrected chi connectivity index (χ0v) is 7.75. The van der Waals surface area contributed by atoms with Crippen LogP contribution in [0.15, 0.2) is 17.5 Å². The van der Waals surface area contributed by atoms with Crippen LogP contribution in [0.5, 0.6) is 0 Å². The molecule has 0 aliphatic rings. The summed E-state index contributed by atoms with van der Waals surface area (Å²) >= 11 is 11.4.